The second-order valence-electron chi connectivity index (χ2n) is 6.83. The van der Waals surface area contributed by atoms with Crippen LogP contribution in [0.15, 0.2) is 42.0 Å². The van der Waals surface area contributed by atoms with E-state index in [1.807, 2.05) is 40.1 Å². The highest BCUT2D eigenvalue weighted by molar-refractivity contribution is 7.11. The average molecular weight is 355 g/mol. The standard InChI is InChI=1S/C19H21N3O2S/c23-17(16-13-20-14-25-16)21-11-8-19(9-12-21)7-4-10-22(18(19)24)15-5-2-1-3-6-15/h1-3,5-6,13-14H,4,7-12H2. The average Bonchev–Trinajstić information content (AvgIpc) is 3.20. The lowest BCUT2D eigenvalue weighted by Crippen LogP contribution is -2.54. The lowest BCUT2D eigenvalue weighted by atomic mass is 9.71. The molecule has 1 aromatic carbocycles. The molecule has 4 rings (SSSR count). The van der Waals surface area contributed by atoms with Crippen molar-refractivity contribution in [1.82, 2.24) is 9.88 Å². The van der Waals surface area contributed by atoms with Crippen molar-refractivity contribution < 1.29 is 9.59 Å². The number of benzene rings is 1. The lowest BCUT2D eigenvalue weighted by Gasteiger charge is -2.46. The fourth-order valence-electron chi connectivity index (χ4n) is 4.00. The molecule has 130 valence electrons. The number of hydrogen-bond donors (Lipinski definition) is 0. The Morgan fingerprint density at radius 1 is 1.08 bits per heavy atom. The summed E-state index contributed by atoms with van der Waals surface area (Å²) < 4.78 is 0. The first-order valence-corrected chi connectivity index (χ1v) is 9.62. The van der Waals surface area contributed by atoms with Crippen LogP contribution in [0.5, 0.6) is 0 Å². The summed E-state index contributed by atoms with van der Waals surface area (Å²) in [7, 11) is 0. The second-order valence-corrected chi connectivity index (χ2v) is 7.72. The first kappa shape index (κ1) is 16.3. The van der Waals surface area contributed by atoms with Gasteiger partial charge < -0.3 is 9.80 Å². The third kappa shape index (κ3) is 2.95. The van der Waals surface area contributed by atoms with Gasteiger partial charge >= 0.3 is 0 Å². The number of carbonyl (C=O) groups excluding carboxylic acids is 2. The molecule has 3 heterocycles. The molecular weight excluding hydrogens is 334 g/mol. The number of hydrogen-bond acceptors (Lipinski definition) is 4. The van der Waals surface area contributed by atoms with Crippen LogP contribution in [0, 0.1) is 5.41 Å². The molecule has 0 aliphatic carbocycles. The van der Waals surface area contributed by atoms with Gasteiger partial charge in [-0.1, -0.05) is 18.2 Å². The van der Waals surface area contributed by atoms with E-state index in [4.69, 9.17) is 0 Å². The molecular formula is C19H21N3O2S. The molecule has 25 heavy (non-hydrogen) atoms. The van der Waals surface area contributed by atoms with Crippen molar-refractivity contribution in [2.75, 3.05) is 24.5 Å². The number of carbonyl (C=O) groups is 2. The van der Waals surface area contributed by atoms with E-state index < -0.39 is 0 Å². The summed E-state index contributed by atoms with van der Waals surface area (Å²) in [4.78, 5) is 34.2. The van der Waals surface area contributed by atoms with Crippen LogP contribution < -0.4 is 4.90 Å². The fraction of sp³-hybridized carbons (Fsp3) is 0.421. The van der Waals surface area contributed by atoms with Crippen molar-refractivity contribution in [3.05, 3.63) is 46.9 Å². The molecule has 2 aliphatic heterocycles. The largest absolute Gasteiger partial charge is 0.338 e. The van der Waals surface area contributed by atoms with Crippen molar-refractivity contribution in [2.45, 2.75) is 25.7 Å². The predicted octanol–water partition coefficient (Wildman–Crippen LogP) is 3.19. The summed E-state index contributed by atoms with van der Waals surface area (Å²) in [6, 6.07) is 9.91. The van der Waals surface area contributed by atoms with Gasteiger partial charge in [0.2, 0.25) is 5.91 Å². The van der Waals surface area contributed by atoms with E-state index in [2.05, 4.69) is 4.98 Å². The van der Waals surface area contributed by atoms with Gasteiger partial charge in [-0.25, -0.2) is 0 Å². The smallest absolute Gasteiger partial charge is 0.265 e. The second kappa shape index (κ2) is 6.59. The number of para-hydroxylation sites is 1. The predicted molar refractivity (Wildman–Crippen MR) is 97.7 cm³/mol. The summed E-state index contributed by atoms with van der Waals surface area (Å²) in [5, 5.41) is 0. The minimum Gasteiger partial charge on any atom is -0.338 e. The van der Waals surface area contributed by atoms with Gasteiger partial charge in [-0.15, -0.1) is 11.3 Å². The third-order valence-electron chi connectivity index (χ3n) is 5.45. The van der Waals surface area contributed by atoms with Crippen LogP contribution in [0.2, 0.25) is 0 Å². The maximum Gasteiger partial charge on any atom is 0.265 e. The lowest BCUT2D eigenvalue weighted by molar-refractivity contribution is -0.133. The monoisotopic (exact) mass is 355 g/mol. The fourth-order valence-corrected chi connectivity index (χ4v) is 4.59. The number of aromatic nitrogens is 1. The maximum absolute atomic E-state index is 13.2. The van der Waals surface area contributed by atoms with Crippen LogP contribution in [0.25, 0.3) is 0 Å². The van der Waals surface area contributed by atoms with E-state index >= 15 is 0 Å². The van der Waals surface area contributed by atoms with Gasteiger partial charge in [-0.05, 0) is 37.8 Å². The zero-order chi connectivity index (χ0) is 17.3. The number of thiazole rings is 1. The van der Waals surface area contributed by atoms with Crippen LogP contribution >= 0.6 is 11.3 Å². The molecule has 2 aromatic rings. The molecule has 0 saturated carbocycles. The number of nitrogens with zero attached hydrogens (tertiary/aromatic N) is 3. The molecule has 6 heteroatoms. The maximum atomic E-state index is 13.2. The van der Waals surface area contributed by atoms with Crippen molar-refractivity contribution in [3.63, 3.8) is 0 Å². The summed E-state index contributed by atoms with van der Waals surface area (Å²) in [5.41, 5.74) is 2.36. The number of likely N-dealkylation sites (tertiary alicyclic amines) is 1. The van der Waals surface area contributed by atoms with Gasteiger partial charge in [0.15, 0.2) is 0 Å². The topological polar surface area (TPSA) is 53.5 Å². The van der Waals surface area contributed by atoms with Crippen molar-refractivity contribution >= 4 is 28.8 Å². The summed E-state index contributed by atoms with van der Waals surface area (Å²) in [6.07, 6.45) is 5.07. The van der Waals surface area contributed by atoms with E-state index in [1.165, 1.54) is 11.3 Å². The first-order chi connectivity index (χ1) is 12.2. The molecule has 5 nitrogen and oxygen atoms in total. The molecule has 2 saturated heterocycles. The van der Waals surface area contributed by atoms with E-state index in [9.17, 15) is 9.59 Å². The Bertz CT molecular complexity index is 752. The number of piperidine rings is 2. The Morgan fingerprint density at radius 3 is 2.52 bits per heavy atom. The summed E-state index contributed by atoms with van der Waals surface area (Å²) in [5.74, 6) is 0.273. The number of rotatable bonds is 2. The van der Waals surface area contributed by atoms with Gasteiger partial charge in [0.25, 0.3) is 5.91 Å². The van der Waals surface area contributed by atoms with E-state index in [0.717, 1.165) is 37.9 Å². The van der Waals surface area contributed by atoms with Crippen LogP contribution in [-0.2, 0) is 4.79 Å². The number of anilines is 1. The van der Waals surface area contributed by atoms with Crippen molar-refractivity contribution in [2.24, 2.45) is 5.41 Å². The first-order valence-electron chi connectivity index (χ1n) is 8.74. The summed E-state index contributed by atoms with van der Waals surface area (Å²) in [6.45, 7) is 2.07. The highest BCUT2D eigenvalue weighted by Crippen LogP contribution is 2.42. The Morgan fingerprint density at radius 2 is 1.84 bits per heavy atom. The molecule has 0 radical (unpaired) electrons. The van der Waals surface area contributed by atoms with Gasteiger partial charge in [-0.3, -0.25) is 14.6 Å². The third-order valence-corrected chi connectivity index (χ3v) is 6.22. The van der Waals surface area contributed by atoms with Gasteiger partial charge in [0, 0.05) is 25.3 Å². The Labute approximate surface area is 151 Å². The highest BCUT2D eigenvalue weighted by Gasteiger charge is 2.46. The normalized spacial score (nSPS) is 20.1. The molecule has 0 N–H and O–H groups in total. The Hall–Kier alpha value is -2.21. The van der Waals surface area contributed by atoms with Crippen molar-refractivity contribution in [1.29, 1.82) is 0 Å². The molecule has 0 bridgehead atoms. The summed E-state index contributed by atoms with van der Waals surface area (Å²) >= 11 is 1.37. The highest BCUT2D eigenvalue weighted by atomic mass is 32.1. The van der Waals surface area contributed by atoms with Gasteiger partial charge in [0.05, 0.1) is 17.1 Å². The number of amides is 2. The van der Waals surface area contributed by atoms with E-state index in [-0.39, 0.29) is 17.2 Å². The van der Waals surface area contributed by atoms with E-state index in [1.54, 1.807) is 11.7 Å². The molecule has 2 fully saturated rings. The van der Waals surface area contributed by atoms with Gasteiger partial charge in [0.1, 0.15) is 4.88 Å². The van der Waals surface area contributed by atoms with E-state index in [0.29, 0.717) is 18.0 Å². The molecule has 1 aromatic heterocycles. The molecule has 2 amide bonds. The minimum atomic E-state index is -0.307. The Kier molecular flexibility index (Phi) is 4.29. The Balaban J connectivity index is 1.48. The molecule has 0 unspecified atom stereocenters. The van der Waals surface area contributed by atoms with Gasteiger partial charge in [-0.2, -0.15) is 0 Å². The molecule has 1 spiro atoms. The van der Waals surface area contributed by atoms with Crippen molar-refractivity contribution in [3.8, 4) is 0 Å². The zero-order valence-corrected chi connectivity index (χ0v) is 14.9. The SMILES string of the molecule is O=C(c1cncs1)N1CCC2(CCCN(c3ccccc3)C2=O)CC1. The van der Waals surface area contributed by atoms with Crippen LogP contribution in [0.4, 0.5) is 5.69 Å². The van der Waals surface area contributed by atoms with Crippen LogP contribution in [0.3, 0.4) is 0 Å². The molecule has 2 aliphatic rings. The quantitative estimate of drug-likeness (QED) is 0.831. The van der Waals surface area contributed by atoms with Crippen LogP contribution in [0.1, 0.15) is 35.4 Å². The minimum absolute atomic E-state index is 0.0422. The zero-order valence-electron chi connectivity index (χ0n) is 14.1. The van der Waals surface area contributed by atoms with Crippen LogP contribution in [-0.4, -0.2) is 41.3 Å². The molecule has 0 atom stereocenters.